The van der Waals surface area contributed by atoms with Gasteiger partial charge in [-0.1, -0.05) is 0 Å². The van der Waals surface area contributed by atoms with E-state index in [1.807, 2.05) is 5.01 Å². The average Bonchev–Trinajstić information content (AvgIpc) is 2.95. The van der Waals surface area contributed by atoms with Crippen LogP contribution in [0.5, 0.6) is 0 Å². The minimum absolute atomic E-state index is 0.154. The van der Waals surface area contributed by atoms with Crippen molar-refractivity contribution in [2.24, 2.45) is 5.92 Å². The smallest absolute Gasteiger partial charge is 0.286 e. The fourth-order valence-corrected chi connectivity index (χ4v) is 3.97. The number of hydrazine groups is 1. The summed E-state index contributed by atoms with van der Waals surface area (Å²) in [5.74, 6) is 1.38. The summed E-state index contributed by atoms with van der Waals surface area (Å²) in [6.07, 6.45) is 8.44. The molecule has 1 N–H and O–H groups in total. The number of rotatable bonds is 3. The zero-order valence-electron chi connectivity index (χ0n) is 13.2. The Morgan fingerprint density at radius 1 is 1.38 bits per heavy atom. The minimum Gasteiger partial charge on any atom is -0.619 e. The predicted molar refractivity (Wildman–Crippen MR) is 83.1 cm³/mol. The molecule has 0 bridgehead atoms. The van der Waals surface area contributed by atoms with Gasteiger partial charge in [0.25, 0.3) is 5.91 Å². The lowest BCUT2D eigenvalue weighted by Gasteiger charge is -2.15. The van der Waals surface area contributed by atoms with E-state index < -0.39 is 0 Å². The van der Waals surface area contributed by atoms with Gasteiger partial charge in [-0.15, -0.1) is 0 Å². The van der Waals surface area contributed by atoms with Gasteiger partial charge in [-0.05, 0) is 31.6 Å². The highest BCUT2D eigenvalue weighted by Gasteiger charge is 2.50. The number of carbonyl (C=O) groups is 1. The largest absolute Gasteiger partial charge is 0.619 e. The Morgan fingerprint density at radius 2 is 2.21 bits per heavy atom. The highest BCUT2D eigenvalue weighted by Crippen LogP contribution is 2.57. The second-order valence-electron chi connectivity index (χ2n) is 6.84. The van der Waals surface area contributed by atoms with E-state index >= 15 is 0 Å². The topological polar surface area (TPSA) is 90.0 Å². The Hall–Kier alpha value is -2.48. The van der Waals surface area contributed by atoms with Crippen LogP contribution in [-0.4, -0.2) is 38.8 Å². The molecule has 1 saturated carbocycles. The summed E-state index contributed by atoms with van der Waals surface area (Å²) >= 11 is 0. The lowest BCUT2D eigenvalue weighted by atomic mass is 10.1. The molecule has 2 atom stereocenters. The molecule has 0 radical (unpaired) electrons. The van der Waals surface area contributed by atoms with Crippen molar-refractivity contribution in [1.82, 2.24) is 25.2 Å². The van der Waals surface area contributed by atoms with Gasteiger partial charge in [0.1, 0.15) is 0 Å². The van der Waals surface area contributed by atoms with E-state index in [4.69, 9.17) is 0 Å². The van der Waals surface area contributed by atoms with Crippen molar-refractivity contribution < 1.29 is 9.52 Å². The van der Waals surface area contributed by atoms with Gasteiger partial charge in [-0.3, -0.25) is 10.2 Å². The minimum atomic E-state index is -0.154. The Morgan fingerprint density at radius 3 is 3.00 bits per heavy atom. The molecule has 0 unspecified atom stereocenters. The number of hydrogen-bond acceptors (Lipinski definition) is 5. The first kappa shape index (κ1) is 13.9. The van der Waals surface area contributed by atoms with Gasteiger partial charge in [0.15, 0.2) is 11.9 Å². The quantitative estimate of drug-likeness (QED) is 0.647. The highest BCUT2D eigenvalue weighted by atomic mass is 16.5. The lowest BCUT2D eigenvalue weighted by molar-refractivity contribution is -0.605. The number of nitrogens with zero attached hydrogens (tertiary/aromatic N) is 5. The Bertz CT molecular complexity index is 826. The molecule has 124 valence electrons. The maximum Gasteiger partial charge on any atom is 0.286 e. The number of hydrogen-bond donors (Lipinski definition) is 1. The first-order valence-electron chi connectivity index (χ1n) is 8.43. The van der Waals surface area contributed by atoms with Crippen LogP contribution >= 0.6 is 0 Å². The summed E-state index contributed by atoms with van der Waals surface area (Å²) in [6, 6.07) is 0. The van der Waals surface area contributed by atoms with Crippen molar-refractivity contribution in [2.45, 2.75) is 31.6 Å². The summed E-state index contributed by atoms with van der Waals surface area (Å²) in [6.45, 7) is 1.77. The molecular weight excluding hydrogens is 308 g/mol. The van der Waals surface area contributed by atoms with Crippen LogP contribution in [-0.2, 0) is 6.42 Å². The third-order valence-electron chi connectivity index (χ3n) is 5.22. The van der Waals surface area contributed by atoms with Crippen LogP contribution in [0.3, 0.4) is 0 Å². The number of amides is 1. The van der Waals surface area contributed by atoms with Crippen LogP contribution in [0, 0.1) is 11.1 Å². The molecule has 8 heteroatoms. The van der Waals surface area contributed by atoms with Gasteiger partial charge in [0.2, 0.25) is 12.0 Å². The van der Waals surface area contributed by atoms with E-state index in [0.29, 0.717) is 28.1 Å². The predicted octanol–water partition coefficient (Wildman–Crippen LogP) is 0.301. The summed E-state index contributed by atoms with van der Waals surface area (Å²) < 4.78 is 2.40. The van der Waals surface area contributed by atoms with Crippen LogP contribution in [0.4, 0.5) is 0 Å². The van der Waals surface area contributed by atoms with E-state index in [1.165, 1.54) is 18.6 Å². The standard InChI is InChI=1S/C16H18N6O2/c23-16(19-20-4-1-2-5-20)14-12-8-10-7-11(10)15(12)22(18-14)13-9-21(24)6-3-17-13/h3,6,9-11H,1-2,4-5,7-8H2,(H,19,23)/t10-,11-/m1/s1. The van der Waals surface area contributed by atoms with E-state index in [1.54, 1.807) is 4.68 Å². The Balaban J connectivity index is 1.53. The van der Waals surface area contributed by atoms with Gasteiger partial charge in [0, 0.05) is 24.6 Å². The molecule has 2 aromatic heterocycles. The monoisotopic (exact) mass is 326 g/mol. The van der Waals surface area contributed by atoms with Crippen LogP contribution in [0.25, 0.3) is 5.82 Å². The van der Waals surface area contributed by atoms with Crippen LogP contribution in [0.2, 0.25) is 0 Å². The zero-order valence-corrected chi connectivity index (χ0v) is 13.2. The Kier molecular flexibility index (Phi) is 2.90. The Labute approximate surface area is 138 Å². The van der Waals surface area contributed by atoms with Gasteiger partial charge in [-0.2, -0.15) is 9.83 Å². The summed E-state index contributed by atoms with van der Waals surface area (Å²) in [5, 5.41) is 18.1. The average molecular weight is 326 g/mol. The molecule has 3 heterocycles. The molecule has 0 spiro atoms. The summed E-state index contributed by atoms with van der Waals surface area (Å²) in [5.41, 5.74) is 5.53. The third-order valence-corrected chi connectivity index (χ3v) is 5.22. The van der Waals surface area contributed by atoms with E-state index in [-0.39, 0.29) is 5.91 Å². The first-order valence-corrected chi connectivity index (χ1v) is 8.43. The van der Waals surface area contributed by atoms with Crippen molar-refractivity contribution in [1.29, 1.82) is 0 Å². The van der Waals surface area contributed by atoms with Crippen molar-refractivity contribution >= 4 is 5.91 Å². The van der Waals surface area contributed by atoms with Crippen molar-refractivity contribution in [3.05, 3.63) is 40.7 Å². The number of aromatic nitrogens is 4. The molecule has 2 aliphatic carbocycles. The molecule has 1 amide bonds. The van der Waals surface area contributed by atoms with Crippen LogP contribution in [0.1, 0.15) is 46.9 Å². The second-order valence-corrected chi connectivity index (χ2v) is 6.84. The lowest BCUT2D eigenvalue weighted by Crippen LogP contribution is -2.40. The fraction of sp³-hybridized carbons (Fsp3) is 0.500. The molecule has 1 saturated heterocycles. The van der Waals surface area contributed by atoms with E-state index in [0.717, 1.165) is 50.0 Å². The maximum absolute atomic E-state index is 12.7. The molecule has 1 aliphatic heterocycles. The van der Waals surface area contributed by atoms with Gasteiger partial charge < -0.3 is 5.21 Å². The molecule has 2 fully saturated rings. The van der Waals surface area contributed by atoms with Crippen molar-refractivity contribution in [2.75, 3.05) is 13.1 Å². The SMILES string of the molecule is O=C(NN1CCCC1)c1nn(-c2c[n+]([O-])ccn2)c2c1C[C@H]1C[C@@H]21. The molecule has 0 aromatic carbocycles. The highest BCUT2D eigenvalue weighted by molar-refractivity contribution is 5.94. The van der Waals surface area contributed by atoms with Crippen LogP contribution in [0.15, 0.2) is 18.6 Å². The molecular formula is C16H18N6O2. The van der Waals surface area contributed by atoms with Crippen molar-refractivity contribution in [3.63, 3.8) is 0 Å². The number of fused-ring (bicyclic) bond motifs is 3. The summed E-state index contributed by atoms with van der Waals surface area (Å²) in [4.78, 5) is 16.9. The van der Waals surface area contributed by atoms with Gasteiger partial charge >= 0.3 is 0 Å². The normalized spacial score (nSPS) is 24.7. The molecule has 24 heavy (non-hydrogen) atoms. The maximum atomic E-state index is 12.7. The molecule has 3 aliphatic rings. The third kappa shape index (κ3) is 2.10. The molecule has 5 rings (SSSR count). The second kappa shape index (κ2) is 5.01. The first-order chi connectivity index (χ1) is 11.7. The van der Waals surface area contributed by atoms with E-state index in [9.17, 15) is 10.0 Å². The number of carbonyl (C=O) groups excluding carboxylic acids is 1. The number of nitrogens with one attached hydrogen (secondary N) is 1. The fourth-order valence-electron chi connectivity index (χ4n) is 3.97. The van der Waals surface area contributed by atoms with E-state index in [2.05, 4.69) is 15.5 Å². The van der Waals surface area contributed by atoms with Crippen molar-refractivity contribution in [3.8, 4) is 5.82 Å². The molecule has 2 aromatic rings. The van der Waals surface area contributed by atoms with Gasteiger partial charge in [-0.25, -0.2) is 14.7 Å². The summed E-state index contributed by atoms with van der Waals surface area (Å²) in [7, 11) is 0. The van der Waals surface area contributed by atoms with Crippen LogP contribution < -0.4 is 10.2 Å². The van der Waals surface area contributed by atoms with Gasteiger partial charge in [0.05, 0.1) is 11.9 Å². The molecule has 8 nitrogen and oxygen atoms in total. The zero-order chi connectivity index (χ0) is 16.3.